The topological polar surface area (TPSA) is 107 Å². The Bertz CT molecular complexity index is 843. The number of carbonyl (C=O) groups excluding carboxylic acids is 1. The lowest BCUT2D eigenvalue weighted by atomic mass is 9.38. The summed E-state index contributed by atoms with van der Waals surface area (Å²) in [6, 6.07) is 0. The lowest BCUT2D eigenvalue weighted by Gasteiger charge is -2.68. The van der Waals surface area contributed by atoms with Crippen molar-refractivity contribution in [2.75, 3.05) is 6.54 Å². The number of hydrogen-bond donors (Lipinski definition) is 4. The molecule has 4 aliphatic carbocycles. The van der Waals surface area contributed by atoms with Gasteiger partial charge in [0.15, 0.2) is 0 Å². The average molecular weight is 506 g/mol. The van der Waals surface area contributed by atoms with E-state index in [-0.39, 0.29) is 47.1 Å². The Morgan fingerprint density at radius 1 is 0.972 bits per heavy atom. The second kappa shape index (κ2) is 9.87. The number of aliphatic carboxylic acids is 1. The maximum absolute atomic E-state index is 12.5. The van der Waals surface area contributed by atoms with Crippen LogP contribution in [0.5, 0.6) is 0 Å². The fourth-order valence-corrected chi connectivity index (χ4v) is 10.6. The van der Waals surface area contributed by atoms with Crippen LogP contribution in [0.3, 0.4) is 0 Å². The zero-order valence-corrected chi connectivity index (χ0v) is 23.4. The summed E-state index contributed by atoms with van der Waals surface area (Å²) in [7, 11) is 0. The Hall–Kier alpha value is -1.14. The minimum Gasteiger partial charge on any atom is -0.480 e. The summed E-state index contributed by atoms with van der Waals surface area (Å²) in [6.45, 7) is 13.2. The molecule has 0 aromatic heterocycles. The fraction of sp³-hybridized carbons (Fsp3) is 0.933. The number of nitrogens with one attached hydrogen (secondary N) is 1. The molecule has 4 fully saturated rings. The van der Waals surface area contributed by atoms with Crippen LogP contribution in [0.25, 0.3) is 0 Å². The molecule has 0 spiro atoms. The summed E-state index contributed by atoms with van der Waals surface area (Å²) >= 11 is 0. The van der Waals surface area contributed by atoms with Gasteiger partial charge in [-0.3, -0.25) is 9.59 Å². The quantitative estimate of drug-likeness (QED) is 0.395. The van der Waals surface area contributed by atoms with Gasteiger partial charge in [0.2, 0.25) is 5.91 Å². The highest BCUT2D eigenvalue weighted by Gasteiger charge is 2.68. The number of aliphatic hydroxyl groups excluding tert-OH is 1. The van der Waals surface area contributed by atoms with Gasteiger partial charge in [-0.05, 0) is 111 Å². The smallest absolute Gasteiger partial charge is 0.322 e. The molecule has 0 bridgehead atoms. The molecular weight excluding hydrogens is 454 g/mol. The molecule has 0 saturated heterocycles. The summed E-state index contributed by atoms with van der Waals surface area (Å²) < 4.78 is 0. The molecule has 4 saturated carbocycles. The van der Waals surface area contributed by atoms with Gasteiger partial charge in [0, 0.05) is 5.92 Å². The van der Waals surface area contributed by atoms with E-state index < -0.39 is 11.6 Å². The van der Waals surface area contributed by atoms with Gasteiger partial charge in [-0.25, -0.2) is 0 Å². The lowest BCUT2D eigenvalue weighted by molar-refractivity contribution is -0.245. The molecule has 206 valence electrons. The molecule has 6 nitrogen and oxygen atoms in total. The predicted molar refractivity (Wildman–Crippen MR) is 140 cm³/mol. The van der Waals surface area contributed by atoms with E-state index in [1.807, 2.05) is 6.92 Å². The van der Waals surface area contributed by atoms with Gasteiger partial charge in [-0.1, -0.05) is 41.0 Å². The van der Waals surface area contributed by atoms with Crippen molar-refractivity contribution in [2.45, 2.75) is 111 Å². The second-order valence-corrected chi connectivity index (χ2v) is 14.0. The van der Waals surface area contributed by atoms with Crippen molar-refractivity contribution in [2.24, 2.45) is 58.2 Å². The highest BCUT2D eigenvalue weighted by atomic mass is 16.4. The van der Waals surface area contributed by atoms with E-state index in [0.29, 0.717) is 29.6 Å². The molecule has 4 rings (SSSR count). The number of aliphatic hydroxyl groups is 2. The third-order valence-corrected chi connectivity index (χ3v) is 12.2. The minimum absolute atomic E-state index is 0.150. The molecule has 6 heteroatoms. The molecule has 0 aromatic carbocycles. The van der Waals surface area contributed by atoms with Crippen LogP contribution in [0, 0.1) is 58.2 Å². The first-order valence-corrected chi connectivity index (χ1v) is 14.7. The Kier molecular flexibility index (Phi) is 7.65. The molecule has 0 aliphatic heterocycles. The van der Waals surface area contributed by atoms with Crippen LogP contribution in [-0.2, 0) is 9.59 Å². The van der Waals surface area contributed by atoms with E-state index in [0.717, 1.165) is 51.4 Å². The number of carboxylic acid groups (broad SMARTS) is 1. The lowest BCUT2D eigenvalue weighted by Crippen LogP contribution is -2.66. The van der Waals surface area contributed by atoms with Crippen LogP contribution in [-0.4, -0.2) is 45.4 Å². The van der Waals surface area contributed by atoms with Gasteiger partial charge in [0.05, 0.1) is 11.7 Å². The maximum Gasteiger partial charge on any atom is 0.322 e. The molecule has 4 N–H and O–H groups in total. The highest BCUT2D eigenvalue weighted by Crippen LogP contribution is 2.71. The molecule has 1 amide bonds. The first-order valence-electron chi connectivity index (χ1n) is 14.7. The Morgan fingerprint density at radius 3 is 2.25 bits per heavy atom. The molecular formula is C30H51NO5. The van der Waals surface area contributed by atoms with Crippen molar-refractivity contribution in [1.82, 2.24) is 5.32 Å². The molecule has 0 heterocycles. The van der Waals surface area contributed by atoms with Gasteiger partial charge in [-0.2, -0.15) is 0 Å². The van der Waals surface area contributed by atoms with Crippen molar-refractivity contribution in [3.05, 3.63) is 0 Å². The molecule has 0 radical (unpaired) electrons. The van der Waals surface area contributed by atoms with E-state index in [1.54, 1.807) is 0 Å². The number of carbonyl (C=O) groups is 2. The number of hydrogen-bond acceptors (Lipinski definition) is 4. The predicted octanol–water partition coefficient (Wildman–Crippen LogP) is 4.87. The van der Waals surface area contributed by atoms with Crippen LogP contribution in [0.15, 0.2) is 0 Å². The zero-order valence-electron chi connectivity index (χ0n) is 23.4. The van der Waals surface area contributed by atoms with Gasteiger partial charge in [0.1, 0.15) is 6.54 Å². The van der Waals surface area contributed by atoms with E-state index >= 15 is 0 Å². The first-order chi connectivity index (χ1) is 16.8. The largest absolute Gasteiger partial charge is 0.480 e. The fourth-order valence-electron chi connectivity index (χ4n) is 10.6. The molecule has 4 aliphatic rings. The first kappa shape index (κ1) is 27.9. The number of carboxylic acids is 1. The maximum atomic E-state index is 12.5. The summed E-state index contributed by atoms with van der Waals surface area (Å²) in [4.78, 5) is 23.3. The number of fused-ring (bicyclic) bond motifs is 5. The second-order valence-electron chi connectivity index (χ2n) is 14.0. The summed E-state index contributed by atoms with van der Waals surface area (Å²) in [5, 5.41) is 34.3. The summed E-state index contributed by atoms with van der Waals surface area (Å²) in [5.74, 6) is 1.34. The van der Waals surface area contributed by atoms with Crippen LogP contribution in [0.1, 0.15) is 99.3 Å². The molecule has 36 heavy (non-hydrogen) atoms. The Morgan fingerprint density at radius 2 is 1.61 bits per heavy atom. The average Bonchev–Trinajstić information content (AvgIpc) is 3.15. The van der Waals surface area contributed by atoms with Gasteiger partial charge >= 0.3 is 5.97 Å². The van der Waals surface area contributed by atoms with Crippen molar-refractivity contribution in [3.63, 3.8) is 0 Å². The van der Waals surface area contributed by atoms with Crippen LogP contribution >= 0.6 is 0 Å². The SMILES string of the molecule is CC[C@@H]1[C@@H]2C[C@H](O)CC[C@]2(C)C2CC[C@@]3(C)C(CC[C@@H]3[C@@H](C)C[C@H](C)C(=O)NCC(=O)O)C2[C@@]1(C)O. The van der Waals surface area contributed by atoms with Crippen LogP contribution < -0.4 is 5.32 Å². The van der Waals surface area contributed by atoms with Crippen molar-refractivity contribution >= 4 is 11.9 Å². The van der Waals surface area contributed by atoms with E-state index in [2.05, 4.69) is 39.9 Å². The molecule has 0 aromatic rings. The van der Waals surface area contributed by atoms with Crippen molar-refractivity contribution < 1.29 is 24.9 Å². The zero-order chi connectivity index (χ0) is 26.6. The third kappa shape index (κ3) is 4.42. The minimum atomic E-state index is -1.01. The Labute approximate surface area is 218 Å². The van der Waals surface area contributed by atoms with Gasteiger partial charge in [0.25, 0.3) is 0 Å². The van der Waals surface area contributed by atoms with E-state index in [9.17, 15) is 19.8 Å². The van der Waals surface area contributed by atoms with Gasteiger partial charge < -0.3 is 20.6 Å². The van der Waals surface area contributed by atoms with E-state index in [1.165, 1.54) is 6.42 Å². The summed E-state index contributed by atoms with van der Waals surface area (Å²) in [6.07, 6.45) is 8.87. The normalized spacial score (nSPS) is 47.7. The van der Waals surface area contributed by atoms with Crippen molar-refractivity contribution in [3.8, 4) is 0 Å². The standard InChI is InChI=1S/C30H51NO5/c1-7-20-24-15-19(32)10-12-29(24,5)23-11-13-28(4)21(8-9-22(28)26(23)30(20,6)36)17(2)14-18(3)27(35)31-16-25(33)34/h17-24,26,32,36H,7-16H2,1-6H3,(H,31,35)(H,33,34)/t17-,18-,19+,20+,21+,22?,23?,24-,26?,28+,29+,30-/m0/s1. The van der Waals surface area contributed by atoms with Crippen molar-refractivity contribution in [1.29, 1.82) is 0 Å². The van der Waals surface area contributed by atoms with Gasteiger partial charge in [-0.15, -0.1) is 0 Å². The van der Waals surface area contributed by atoms with Crippen LogP contribution in [0.4, 0.5) is 0 Å². The molecule has 12 atom stereocenters. The monoisotopic (exact) mass is 505 g/mol. The molecule has 3 unspecified atom stereocenters. The van der Waals surface area contributed by atoms with Crippen LogP contribution in [0.2, 0.25) is 0 Å². The number of rotatable bonds is 7. The Balaban J connectivity index is 1.56. The van der Waals surface area contributed by atoms with E-state index in [4.69, 9.17) is 5.11 Å². The number of amides is 1. The summed E-state index contributed by atoms with van der Waals surface area (Å²) in [5.41, 5.74) is -0.388. The third-order valence-electron chi connectivity index (χ3n) is 12.2. The highest BCUT2D eigenvalue weighted by molar-refractivity contribution is 5.82.